The summed E-state index contributed by atoms with van der Waals surface area (Å²) in [6.45, 7) is 10.5. The molecule has 1 N–H and O–H groups in total. The van der Waals surface area contributed by atoms with Gasteiger partial charge in [0.2, 0.25) is 0 Å². The third-order valence-electron chi connectivity index (χ3n) is 4.39. The van der Waals surface area contributed by atoms with Crippen molar-refractivity contribution in [3.05, 3.63) is 30.1 Å². The van der Waals surface area contributed by atoms with E-state index < -0.39 is 0 Å². The van der Waals surface area contributed by atoms with E-state index in [9.17, 15) is 0 Å². The van der Waals surface area contributed by atoms with Crippen LogP contribution in [0.1, 0.15) is 45.2 Å². The molecular weight excluding hydrogens is 234 g/mol. The molecule has 2 heterocycles. The maximum Gasteiger partial charge on any atom is 0.0315 e. The molecule has 0 radical (unpaired) electrons. The van der Waals surface area contributed by atoms with Crippen LogP contribution in [0.3, 0.4) is 0 Å². The van der Waals surface area contributed by atoms with Crippen molar-refractivity contribution in [3.63, 3.8) is 0 Å². The second-order valence-electron chi connectivity index (χ2n) is 5.76. The zero-order valence-corrected chi connectivity index (χ0v) is 12.5. The summed E-state index contributed by atoms with van der Waals surface area (Å²) in [4.78, 5) is 6.77. The average Bonchev–Trinajstić information content (AvgIpc) is 2.48. The predicted molar refractivity (Wildman–Crippen MR) is 80.1 cm³/mol. The Balaban J connectivity index is 1.88. The van der Waals surface area contributed by atoms with Crippen molar-refractivity contribution in [2.45, 2.75) is 45.7 Å². The number of aromatic nitrogens is 1. The minimum atomic E-state index is 0.376. The highest BCUT2D eigenvalue weighted by atomic mass is 15.1. The van der Waals surface area contributed by atoms with Crippen molar-refractivity contribution in [2.24, 2.45) is 5.92 Å². The van der Waals surface area contributed by atoms with Gasteiger partial charge in [0.15, 0.2) is 0 Å². The molecule has 1 saturated heterocycles. The Hall–Kier alpha value is -0.930. The van der Waals surface area contributed by atoms with Gasteiger partial charge in [-0.1, -0.05) is 13.0 Å². The molecule has 2 rings (SSSR count). The van der Waals surface area contributed by atoms with E-state index in [-0.39, 0.29) is 0 Å². The first-order valence-electron chi connectivity index (χ1n) is 7.59. The van der Waals surface area contributed by atoms with Crippen LogP contribution in [-0.2, 0) is 0 Å². The van der Waals surface area contributed by atoms with Crippen LogP contribution in [0.2, 0.25) is 0 Å². The third-order valence-corrected chi connectivity index (χ3v) is 4.39. The Morgan fingerprint density at radius 1 is 1.47 bits per heavy atom. The molecule has 2 unspecified atom stereocenters. The average molecular weight is 261 g/mol. The van der Waals surface area contributed by atoms with E-state index in [0.717, 1.165) is 5.92 Å². The van der Waals surface area contributed by atoms with Crippen molar-refractivity contribution >= 4 is 0 Å². The van der Waals surface area contributed by atoms with Crippen LogP contribution in [0, 0.1) is 5.92 Å². The molecule has 1 aliphatic rings. The highest BCUT2D eigenvalue weighted by Crippen LogP contribution is 2.21. The third kappa shape index (κ3) is 4.02. The van der Waals surface area contributed by atoms with E-state index in [1.54, 1.807) is 0 Å². The maximum atomic E-state index is 4.20. The molecule has 0 saturated carbocycles. The number of likely N-dealkylation sites (tertiary alicyclic amines) is 1. The van der Waals surface area contributed by atoms with Crippen molar-refractivity contribution in [2.75, 3.05) is 19.6 Å². The topological polar surface area (TPSA) is 28.2 Å². The predicted octanol–water partition coefficient (Wildman–Crippen LogP) is 2.85. The summed E-state index contributed by atoms with van der Waals surface area (Å²) in [5, 5.41) is 3.74. The van der Waals surface area contributed by atoms with Gasteiger partial charge in [0, 0.05) is 31.0 Å². The summed E-state index contributed by atoms with van der Waals surface area (Å²) in [6.07, 6.45) is 6.49. The monoisotopic (exact) mass is 261 g/mol. The van der Waals surface area contributed by atoms with Crippen LogP contribution in [0.25, 0.3) is 0 Å². The summed E-state index contributed by atoms with van der Waals surface area (Å²) in [7, 11) is 0. The molecule has 3 heteroatoms. The summed E-state index contributed by atoms with van der Waals surface area (Å²) in [5.74, 6) is 0.771. The number of hydrogen-bond donors (Lipinski definition) is 1. The van der Waals surface area contributed by atoms with Gasteiger partial charge in [-0.15, -0.1) is 0 Å². The fourth-order valence-corrected chi connectivity index (χ4v) is 3.05. The summed E-state index contributed by atoms with van der Waals surface area (Å²) >= 11 is 0. The lowest BCUT2D eigenvalue weighted by atomic mass is 9.91. The SMILES string of the molecule is CCN1CCCC(C(C)N[C@@H](C)c2cccnc2)C1. The van der Waals surface area contributed by atoms with Crippen molar-refractivity contribution in [1.29, 1.82) is 0 Å². The molecule has 19 heavy (non-hydrogen) atoms. The number of piperidine rings is 1. The van der Waals surface area contributed by atoms with Crippen LogP contribution in [0.4, 0.5) is 0 Å². The molecule has 0 bridgehead atoms. The molecule has 0 aromatic carbocycles. The van der Waals surface area contributed by atoms with Crippen molar-refractivity contribution in [1.82, 2.24) is 15.2 Å². The summed E-state index contributed by atoms with van der Waals surface area (Å²) in [6, 6.07) is 5.10. The lowest BCUT2D eigenvalue weighted by Crippen LogP contribution is -2.44. The zero-order chi connectivity index (χ0) is 13.7. The maximum absolute atomic E-state index is 4.20. The van der Waals surface area contributed by atoms with E-state index in [1.807, 2.05) is 18.5 Å². The zero-order valence-electron chi connectivity index (χ0n) is 12.5. The van der Waals surface area contributed by atoms with E-state index in [0.29, 0.717) is 12.1 Å². The van der Waals surface area contributed by atoms with Gasteiger partial charge in [-0.3, -0.25) is 4.98 Å². The molecular formula is C16H27N3. The molecule has 3 atom stereocenters. The molecule has 3 nitrogen and oxygen atoms in total. The molecule has 1 aliphatic heterocycles. The first kappa shape index (κ1) is 14.5. The quantitative estimate of drug-likeness (QED) is 0.883. The van der Waals surface area contributed by atoms with Gasteiger partial charge in [0.1, 0.15) is 0 Å². The number of hydrogen-bond acceptors (Lipinski definition) is 3. The second kappa shape index (κ2) is 7.01. The van der Waals surface area contributed by atoms with Crippen LogP contribution < -0.4 is 5.32 Å². The first-order chi connectivity index (χ1) is 9.20. The standard InChI is InChI=1S/C16H27N3/c1-4-19-10-6-8-16(12-19)14(3)18-13(2)15-7-5-9-17-11-15/h5,7,9,11,13-14,16,18H,4,6,8,10,12H2,1-3H3/t13-,14?,16?/m0/s1. The molecule has 0 aliphatic carbocycles. The number of rotatable bonds is 5. The Kier molecular flexibility index (Phi) is 5.34. The highest BCUT2D eigenvalue weighted by molar-refractivity contribution is 5.13. The Morgan fingerprint density at radius 3 is 3.00 bits per heavy atom. The van der Waals surface area contributed by atoms with Gasteiger partial charge in [-0.05, 0) is 57.3 Å². The summed E-state index contributed by atoms with van der Waals surface area (Å²) < 4.78 is 0. The van der Waals surface area contributed by atoms with Gasteiger partial charge in [-0.25, -0.2) is 0 Å². The number of nitrogens with one attached hydrogen (secondary N) is 1. The molecule has 0 spiro atoms. The minimum absolute atomic E-state index is 0.376. The van der Waals surface area contributed by atoms with Crippen LogP contribution in [0.15, 0.2) is 24.5 Å². The lowest BCUT2D eigenvalue weighted by molar-refractivity contribution is 0.153. The van der Waals surface area contributed by atoms with E-state index in [4.69, 9.17) is 0 Å². The molecule has 106 valence electrons. The molecule has 1 aromatic heterocycles. The fourth-order valence-electron chi connectivity index (χ4n) is 3.05. The fraction of sp³-hybridized carbons (Fsp3) is 0.688. The van der Waals surface area contributed by atoms with E-state index in [1.165, 1.54) is 38.0 Å². The normalized spacial score (nSPS) is 24.1. The Bertz CT molecular complexity index is 366. The largest absolute Gasteiger partial charge is 0.307 e. The van der Waals surface area contributed by atoms with Gasteiger partial charge in [0.25, 0.3) is 0 Å². The minimum Gasteiger partial charge on any atom is -0.307 e. The first-order valence-corrected chi connectivity index (χ1v) is 7.59. The van der Waals surface area contributed by atoms with E-state index in [2.05, 4.69) is 42.0 Å². The summed E-state index contributed by atoms with van der Waals surface area (Å²) in [5.41, 5.74) is 1.28. The van der Waals surface area contributed by atoms with Gasteiger partial charge in [-0.2, -0.15) is 0 Å². The highest BCUT2D eigenvalue weighted by Gasteiger charge is 2.24. The van der Waals surface area contributed by atoms with Crippen LogP contribution in [0.5, 0.6) is 0 Å². The Morgan fingerprint density at radius 2 is 2.32 bits per heavy atom. The lowest BCUT2D eigenvalue weighted by Gasteiger charge is -2.36. The smallest absolute Gasteiger partial charge is 0.0315 e. The van der Waals surface area contributed by atoms with Crippen molar-refractivity contribution < 1.29 is 0 Å². The van der Waals surface area contributed by atoms with Crippen LogP contribution in [-0.4, -0.2) is 35.6 Å². The van der Waals surface area contributed by atoms with Gasteiger partial charge < -0.3 is 10.2 Å². The number of pyridine rings is 1. The Labute approximate surface area is 117 Å². The van der Waals surface area contributed by atoms with Gasteiger partial charge in [0.05, 0.1) is 0 Å². The van der Waals surface area contributed by atoms with Crippen LogP contribution >= 0.6 is 0 Å². The second-order valence-corrected chi connectivity index (χ2v) is 5.76. The molecule has 1 aromatic rings. The molecule has 0 amide bonds. The van der Waals surface area contributed by atoms with Crippen molar-refractivity contribution in [3.8, 4) is 0 Å². The van der Waals surface area contributed by atoms with E-state index >= 15 is 0 Å². The molecule has 1 fully saturated rings. The number of nitrogens with zero attached hydrogens (tertiary/aromatic N) is 2. The van der Waals surface area contributed by atoms with Gasteiger partial charge >= 0.3 is 0 Å².